The van der Waals surface area contributed by atoms with E-state index in [4.69, 9.17) is 19.6 Å². The second-order valence-electron chi connectivity index (χ2n) is 5.76. The predicted molar refractivity (Wildman–Crippen MR) is 100 cm³/mol. The lowest BCUT2D eigenvalue weighted by atomic mass is 10.2. The van der Waals surface area contributed by atoms with Crippen LogP contribution >= 0.6 is 8.53 Å². The van der Waals surface area contributed by atoms with Crippen molar-refractivity contribution in [3.8, 4) is 0 Å². The van der Waals surface area contributed by atoms with Crippen molar-refractivity contribution in [2.24, 2.45) is 5.50 Å². The smallest absolute Gasteiger partial charge is 0.351 e. The Morgan fingerprint density at radius 3 is 2.50 bits per heavy atom. The Morgan fingerprint density at radius 2 is 1.96 bits per heavy atom. The molecule has 0 aliphatic carbocycles. The third-order valence-corrected chi connectivity index (χ3v) is 3.80. The monoisotopic (exact) mass is 412 g/mol. The van der Waals surface area contributed by atoms with Crippen LogP contribution in [0.4, 0.5) is 5.82 Å². The van der Waals surface area contributed by atoms with E-state index in [0.717, 1.165) is 0 Å². The van der Waals surface area contributed by atoms with Crippen LogP contribution in [-0.2, 0) is 4.74 Å². The molecule has 28 heavy (non-hydrogen) atoms. The zero-order valence-corrected chi connectivity index (χ0v) is 15.5. The first-order valence-corrected chi connectivity index (χ1v) is 9.46. The van der Waals surface area contributed by atoms with Gasteiger partial charge in [-0.05, 0) is 18.2 Å². The fourth-order valence-electron chi connectivity index (χ4n) is 2.53. The fourth-order valence-corrected chi connectivity index (χ4v) is 2.53. The molecule has 2 heterocycles. The molecule has 0 unspecified atom stereocenters. The number of aliphatic hydroxyl groups is 2. The standard InChI is InChI=1S/C16H17N3O5.H4NO2P/c20-9-12-11(21)8-14(24-12)19-7-6-13(18-16(19)23)17-15(22)10-4-2-1-3-5-10;1-4(2)3/h1-7,11-12,14,20-21H,8-9H2,(H,17,18,22,23);2-3H,1H2/t11-,12+,14+;/m0./s1. The Bertz CT molecular complexity index is 830. The summed E-state index contributed by atoms with van der Waals surface area (Å²) in [5, 5.41) is 21.4. The zero-order chi connectivity index (χ0) is 20.7. The Morgan fingerprint density at radius 1 is 1.32 bits per heavy atom. The normalized spacial score (nSPS) is 21.1. The van der Waals surface area contributed by atoms with Crippen LogP contribution in [0.1, 0.15) is 23.0 Å². The first-order valence-electron chi connectivity index (χ1n) is 8.14. The highest BCUT2D eigenvalue weighted by molar-refractivity contribution is 7.42. The summed E-state index contributed by atoms with van der Waals surface area (Å²) in [5.74, 6) is -0.240. The van der Waals surface area contributed by atoms with E-state index in [2.05, 4.69) is 15.8 Å². The average molecular weight is 412 g/mol. The Labute approximate surface area is 161 Å². The molecule has 1 amide bonds. The van der Waals surface area contributed by atoms with E-state index < -0.39 is 32.7 Å². The van der Waals surface area contributed by atoms with Crippen LogP contribution in [0.3, 0.4) is 0 Å². The minimum absolute atomic E-state index is 0.127. The van der Waals surface area contributed by atoms with Crippen LogP contribution in [0.25, 0.3) is 0 Å². The van der Waals surface area contributed by atoms with Gasteiger partial charge in [-0.25, -0.2) is 4.79 Å². The molecule has 0 saturated carbocycles. The SMILES string of the molecule is NP(O)O.O=C(Nc1ccn([C@H]2C[C@H](O)[C@@H](CO)O2)c(=O)n1)c1ccccc1. The first-order chi connectivity index (χ1) is 13.3. The lowest BCUT2D eigenvalue weighted by molar-refractivity contribution is -0.0458. The summed E-state index contributed by atoms with van der Waals surface area (Å²) < 4.78 is 6.63. The van der Waals surface area contributed by atoms with E-state index in [1.54, 1.807) is 30.3 Å². The van der Waals surface area contributed by atoms with Gasteiger partial charge in [-0.1, -0.05) is 18.2 Å². The lowest BCUT2D eigenvalue weighted by Gasteiger charge is -2.14. The van der Waals surface area contributed by atoms with Crippen molar-refractivity contribution < 1.29 is 29.5 Å². The van der Waals surface area contributed by atoms with Gasteiger partial charge in [0, 0.05) is 18.2 Å². The highest BCUT2D eigenvalue weighted by Crippen LogP contribution is 2.27. The van der Waals surface area contributed by atoms with E-state index in [-0.39, 0.29) is 24.8 Å². The van der Waals surface area contributed by atoms with Crippen LogP contribution in [0.5, 0.6) is 0 Å². The van der Waals surface area contributed by atoms with Crippen LogP contribution in [-0.4, -0.2) is 54.3 Å². The summed E-state index contributed by atoms with van der Waals surface area (Å²) in [6.07, 6.45) is -0.643. The lowest BCUT2D eigenvalue weighted by Crippen LogP contribution is -2.28. The minimum Gasteiger partial charge on any atom is -0.394 e. The molecule has 1 aliphatic rings. The van der Waals surface area contributed by atoms with Crippen molar-refractivity contribution in [3.63, 3.8) is 0 Å². The van der Waals surface area contributed by atoms with Gasteiger partial charge in [0.05, 0.1) is 12.7 Å². The fraction of sp³-hybridized carbons (Fsp3) is 0.312. The molecule has 1 saturated heterocycles. The van der Waals surface area contributed by atoms with E-state index >= 15 is 0 Å². The molecular weight excluding hydrogens is 391 g/mol. The molecule has 1 aromatic carbocycles. The molecule has 11 nitrogen and oxygen atoms in total. The van der Waals surface area contributed by atoms with Gasteiger partial charge in [0.15, 0.2) is 0 Å². The molecule has 3 atom stereocenters. The van der Waals surface area contributed by atoms with E-state index in [0.29, 0.717) is 5.56 Å². The predicted octanol–water partition coefficient (Wildman–Crippen LogP) is -0.707. The summed E-state index contributed by atoms with van der Waals surface area (Å²) >= 11 is 0. The molecule has 0 spiro atoms. The van der Waals surface area contributed by atoms with Crippen molar-refractivity contribution >= 4 is 20.3 Å². The van der Waals surface area contributed by atoms with Crippen LogP contribution in [0.15, 0.2) is 47.4 Å². The van der Waals surface area contributed by atoms with E-state index in [9.17, 15) is 14.7 Å². The number of nitrogens with two attached hydrogens (primary N) is 1. The van der Waals surface area contributed by atoms with Crippen molar-refractivity contribution in [1.29, 1.82) is 0 Å². The van der Waals surface area contributed by atoms with Crippen LogP contribution < -0.4 is 16.5 Å². The maximum Gasteiger partial charge on any atom is 0.351 e. The highest BCUT2D eigenvalue weighted by atomic mass is 31.2. The number of hydrogen-bond acceptors (Lipinski definition) is 9. The molecule has 3 rings (SSSR count). The number of carbonyl (C=O) groups excluding carboxylic acids is 1. The third kappa shape index (κ3) is 6.14. The minimum atomic E-state index is -2.12. The number of hydrogen-bond donors (Lipinski definition) is 6. The van der Waals surface area contributed by atoms with Gasteiger partial charge < -0.3 is 30.1 Å². The number of benzene rings is 1. The largest absolute Gasteiger partial charge is 0.394 e. The third-order valence-electron chi connectivity index (χ3n) is 3.80. The van der Waals surface area contributed by atoms with E-state index in [1.807, 2.05) is 0 Å². The molecular formula is C16H21N4O7P. The number of rotatable bonds is 4. The van der Waals surface area contributed by atoms with Gasteiger partial charge in [-0.3, -0.25) is 14.9 Å². The molecule has 2 aromatic rings. The number of aromatic nitrogens is 2. The van der Waals surface area contributed by atoms with Gasteiger partial charge in [-0.2, -0.15) is 4.98 Å². The van der Waals surface area contributed by atoms with Crippen molar-refractivity contribution in [1.82, 2.24) is 9.55 Å². The zero-order valence-electron chi connectivity index (χ0n) is 14.6. The molecule has 1 aliphatic heterocycles. The summed E-state index contributed by atoms with van der Waals surface area (Å²) in [5.41, 5.74) is 4.13. The summed E-state index contributed by atoms with van der Waals surface area (Å²) in [6.45, 7) is -0.328. The molecule has 7 N–H and O–H groups in total. The van der Waals surface area contributed by atoms with Gasteiger partial charge >= 0.3 is 5.69 Å². The number of anilines is 1. The number of nitrogens with zero attached hydrogens (tertiary/aromatic N) is 2. The van der Waals surface area contributed by atoms with Crippen molar-refractivity contribution in [2.45, 2.75) is 24.9 Å². The molecule has 0 radical (unpaired) electrons. The molecule has 0 bridgehead atoms. The first kappa shape index (κ1) is 22.1. The van der Waals surface area contributed by atoms with Gasteiger partial charge in [0.25, 0.3) is 5.91 Å². The number of aliphatic hydroxyl groups excluding tert-OH is 2. The Kier molecular flexibility index (Phi) is 8.15. The second kappa shape index (κ2) is 10.3. The average Bonchev–Trinajstić information content (AvgIpc) is 3.02. The van der Waals surface area contributed by atoms with Crippen LogP contribution in [0.2, 0.25) is 0 Å². The number of carbonyl (C=O) groups is 1. The quantitative estimate of drug-likeness (QED) is 0.354. The topological polar surface area (TPSA) is 180 Å². The second-order valence-corrected chi connectivity index (χ2v) is 6.40. The number of nitrogens with one attached hydrogen (secondary N) is 1. The maximum atomic E-state index is 12.1. The summed E-state index contributed by atoms with van der Waals surface area (Å²) in [4.78, 5) is 42.9. The molecule has 12 heteroatoms. The van der Waals surface area contributed by atoms with Gasteiger partial charge in [-0.15, -0.1) is 0 Å². The van der Waals surface area contributed by atoms with Crippen molar-refractivity contribution in [2.75, 3.05) is 11.9 Å². The molecule has 1 fully saturated rings. The van der Waals surface area contributed by atoms with Gasteiger partial charge in [0.2, 0.25) is 8.53 Å². The highest BCUT2D eigenvalue weighted by Gasteiger charge is 2.34. The number of ether oxygens (including phenoxy) is 1. The van der Waals surface area contributed by atoms with Crippen LogP contribution in [0, 0.1) is 0 Å². The molecule has 1 aromatic heterocycles. The van der Waals surface area contributed by atoms with Gasteiger partial charge in [0.1, 0.15) is 18.1 Å². The summed E-state index contributed by atoms with van der Waals surface area (Å²) in [7, 11) is -2.12. The number of amides is 1. The van der Waals surface area contributed by atoms with Crippen molar-refractivity contribution in [3.05, 3.63) is 58.6 Å². The van der Waals surface area contributed by atoms with E-state index in [1.165, 1.54) is 16.8 Å². The maximum absolute atomic E-state index is 12.1. The summed E-state index contributed by atoms with van der Waals surface area (Å²) in [6, 6.07) is 10.1. The Balaban J connectivity index is 0.000000640. The Hall–Kier alpha value is -2.24. The molecule has 152 valence electrons.